The number of rotatable bonds is 1. The second-order valence-electron chi connectivity index (χ2n) is 3.13. The van der Waals surface area contributed by atoms with Crippen molar-refractivity contribution in [3.05, 3.63) is 11.3 Å². The van der Waals surface area contributed by atoms with Crippen molar-refractivity contribution >= 4 is 22.6 Å². The van der Waals surface area contributed by atoms with E-state index in [4.69, 9.17) is 0 Å². The van der Waals surface area contributed by atoms with Gasteiger partial charge in [-0.3, -0.25) is 9.79 Å². The number of ketones is 1. The highest BCUT2D eigenvalue weighted by Crippen LogP contribution is 2.27. The van der Waals surface area contributed by atoms with E-state index in [0.717, 1.165) is 23.8 Å². The van der Waals surface area contributed by atoms with Crippen LogP contribution < -0.4 is 0 Å². The number of carbonyl (C=O) groups is 1. The summed E-state index contributed by atoms with van der Waals surface area (Å²) >= 11 is 1.57. The van der Waals surface area contributed by atoms with Gasteiger partial charge in [0.15, 0.2) is 5.78 Å². The zero-order chi connectivity index (χ0) is 9.26. The average molecular weight is 197 g/mol. The van der Waals surface area contributed by atoms with Crippen LogP contribution in [-0.2, 0) is 4.79 Å². The number of aliphatic hydroxyl groups is 1. The molecule has 0 aromatic heterocycles. The minimum Gasteiger partial charge on any atom is -0.511 e. The predicted molar refractivity (Wildman–Crippen MR) is 53.3 cm³/mol. The third kappa shape index (κ3) is 1.63. The molecule has 1 N–H and O–H groups in total. The lowest BCUT2D eigenvalue weighted by molar-refractivity contribution is -0.115. The van der Waals surface area contributed by atoms with Crippen LogP contribution in [0.5, 0.6) is 0 Å². The Morgan fingerprint density at radius 2 is 2.23 bits per heavy atom. The summed E-state index contributed by atoms with van der Waals surface area (Å²) in [6, 6.07) is 0. The number of hydrogen-bond donors (Lipinski definition) is 1. The molecule has 0 bridgehead atoms. The quantitative estimate of drug-likeness (QED) is 0.696. The van der Waals surface area contributed by atoms with Gasteiger partial charge >= 0.3 is 0 Å². The van der Waals surface area contributed by atoms with E-state index in [1.54, 1.807) is 11.8 Å². The lowest BCUT2D eigenvalue weighted by Gasteiger charge is -2.14. The SMILES string of the molecule is O=C1CCCC(O)=C1C1=NCCS1. The van der Waals surface area contributed by atoms with Gasteiger partial charge in [-0.25, -0.2) is 0 Å². The van der Waals surface area contributed by atoms with Crippen LogP contribution in [0.1, 0.15) is 19.3 Å². The summed E-state index contributed by atoms with van der Waals surface area (Å²) in [4.78, 5) is 15.7. The van der Waals surface area contributed by atoms with Gasteiger partial charge in [0, 0.05) is 25.1 Å². The first-order valence-corrected chi connectivity index (χ1v) is 5.40. The monoisotopic (exact) mass is 197 g/mol. The summed E-state index contributed by atoms with van der Waals surface area (Å²) < 4.78 is 0. The number of aliphatic hydroxyl groups excluding tert-OH is 1. The van der Waals surface area contributed by atoms with Crippen LogP contribution in [0, 0.1) is 0 Å². The van der Waals surface area contributed by atoms with Gasteiger partial charge in [0.1, 0.15) is 10.8 Å². The smallest absolute Gasteiger partial charge is 0.168 e. The van der Waals surface area contributed by atoms with Crippen molar-refractivity contribution in [2.45, 2.75) is 19.3 Å². The van der Waals surface area contributed by atoms with Crippen molar-refractivity contribution in [2.24, 2.45) is 4.99 Å². The van der Waals surface area contributed by atoms with Crippen molar-refractivity contribution in [3.8, 4) is 0 Å². The van der Waals surface area contributed by atoms with Gasteiger partial charge in [-0.15, -0.1) is 11.8 Å². The molecule has 1 aliphatic heterocycles. The molecule has 1 aliphatic carbocycles. The summed E-state index contributed by atoms with van der Waals surface area (Å²) in [5.41, 5.74) is 0.494. The number of thioether (sulfide) groups is 1. The molecule has 70 valence electrons. The van der Waals surface area contributed by atoms with Gasteiger partial charge in [0.2, 0.25) is 0 Å². The first kappa shape index (κ1) is 8.81. The van der Waals surface area contributed by atoms with E-state index in [-0.39, 0.29) is 11.5 Å². The molecule has 0 saturated heterocycles. The maximum absolute atomic E-state index is 11.5. The molecule has 0 fully saturated rings. The molecule has 0 radical (unpaired) electrons. The predicted octanol–water partition coefficient (Wildman–Crippen LogP) is 1.70. The Morgan fingerprint density at radius 3 is 2.85 bits per heavy atom. The molecule has 0 amide bonds. The van der Waals surface area contributed by atoms with E-state index >= 15 is 0 Å². The van der Waals surface area contributed by atoms with Crippen molar-refractivity contribution in [1.29, 1.82) is 0 Å². The van der Waals surface area contributed by atoms with Gasteiger partial charge in [-0.1, -0.05) is 0 Å². The van der Waals surface area contributed by atoms with Gasteiger partial charge in [-0.2, -0.15) is 0 Å². The van der Waals surface area contributed by atoms with Crippen LogP contribution >= 0.6 is 11.8 Å². The average Bonchev–Trinajstić information content (AvgIpc) is 2.57. The fraction of sp³-hybridized carbons (Fsp3) is 0.556. The Morgan fingerprint density at radius 1 is 1.38 bits per heavy atom. The number of Topliss-reactive ketones (excluding diaryl/α,β-unsaturated/α-hetero) is 1. The molecule has 3 nitrogen and oxygen atoms in total. The summed E-state index contributed by atoms with van der Waals surface area (Å²) in [6.45, 7) is 0.768. The molecule has 13 heavy (non-hydrogen) atoms. The lowest BCUT2D eigenvalue weighted by atomic mass is 9.97. The van der Waals surface area contributed by atoms with Crippen LogP contribution in [0.15, 0.2) is 16.3 Å². The molecule has 0 saturated carbocycles. The van der Waals surface area contributed by atoms with E-state index in [2.05, 4.69) is 4.99 Å². The van der Waals surface area contributed by atoms with Gasteiger partial charge in [-0.05, 0) is 6.42 Å². The Bertz CT molecular complexity index is 307. The van der Waals surface area contributed by atoms with Crippen LogP contribution in [0.3, 0.4) is 0 Å². The maximum Gasteiger partial charge on any atom is 0.168 e. The van der Waals surface area contributed by atoms with Crippen molar-refractivity contribution in [3.63, 3.8) is 0 Å². The van der Waals surface area contributed by atoms with E-state index in [1.165, 1.54) is 0 Å². The minimum atomic E-state index is 0.0527. The molecular weight excluding hydrogens is 186 g/mol. The Labute approximate surface area is 80.9 Å². The number of carbonyl (C=O) groups excluding carboxylic acids is 1. The van der Waals surface area contributed by atoms with Crippen LogP contribution in [0.2, 0.25) is 0 Å². The van der Waals surface area contributed by atoms with Crippen LogP contribution in [-0.4, -0.2) is 28.2 Å². The summed E-state index contributed by atoms with van der Waals surface area (Å²) in [5, 5.41) is 10.3. The molecule has 2 aliphatic rings. The highest BCUT2D eigenvalue weighted by molar-refractivity contribution is 8.14. The van der Waals surface area contributed by atoms with E-state index < -0.39 is 0 Å². The van der Waals surface area contributed by atoms with E-state index in [9.17, 15) is 9.90 Å². The molecule has 0 aromatic rings. The van der Waals surface area contributed by atoms with Gasteiger partial charge in [0.05, 0.1) is 5.57 Å². The second-order valence-corrected chi connectivity index (χ2v) is 4.22. The van der Waals surface area contributed by atoms with Crippen molar-refractivity contribution in [1.82, 2.24) is 0 Å². The third-order valence-electron chi connectivity index (χ3n) is 2.18. The van der Waals surface area contributed by atoms with E-state index in [0.29, 0.717) is 18.4 Å². The summed E-state index contributed by atoms with van der Waals surface area (Å²) in [6.07, 6.45) is 1.95. The highest BCUT2D eigenvalue weighted by atomic mass is 32.2. The zero-order valence-electron chi connectivity index (χ0n) is 7.25. The highest BCUT2D eigenvalue weighted by Gasteiger charge is 2.26. The normalized spacial score (nSPS) is 23.7. The molecule has 0 unspecified atom stereocenters. The second kappa shape index (κ2) is 3.54. The number of hydrogen-bond acceptors (Lipinski definition) is 4. The number of allylic oxidation sites excluding steroid dienone is 1. The minimum absolute atomic E-state index is 0.0527. The molecule has 0 aromatic carbocycles. The number of nitrogens with zero attached hydrogens (tertiary/aromatic N) is 1. The molecule has 4 heteroatoms. The van der Waals surface area contributed by atoms with Crippen molar-refractivity contribution in [2.75, 3.05) is 12.3 Å². The maximum atomic E-state index is 11.5. The number of aliphatic imine (C=N–C) groups is 1. The lowest BCUT2D eigenvalue weighted by Crippen LogP contribution is -2.16. The van der Waals surface area contributed by atoms with Gasteiger partial charge < -0.3 is 5.11 Å². The van der Waals surface area contributed by atoms with Crippen LogP contribution in [0.4, 0.5) is 0 Å². The van der Waals surface area contributed by atoms with Crippen LogP contribution in [0.25, 0.3) is 0 Å². The summed E-state index contributed by atoms with van der Waals surface area (Å²) in [7, 11) is 0. The van der Waals surface area contributed by atoms with Crippen molar-refractivity contribution < 1.29 is 9.90 Å². The molecule has 1 heterocycles. The molecular formula is C9H11NO2S. The van der Waals surface area contributed by atoms with E-state index in [1.807, 2.05) is 0 Å². The van der Waals surface area contributed by atoms with Gasteiger partial charge in [0.25, 0.3) is 0 Å². The standard InChI is InChI=1S/C9H11NO2S/c11-6-2-1-3-7(12)8(6)9-10-4-5-13-9/h11H,1-5H2. The largest absolute Gasteiger partial charge is 0.511 e. The Hall–Kier alpha value is -0.770. The zero-order valence-corrected chi connectivity index (χ0v) is 8.06. The third-order valence-corrected chi connectivity index (χ3v) is 3.18. The first-order chi connectivity index (χ1) is 6.29. The summed E-state index contributed by atoms with van der Waals surface area (Å²) in [5.74, 6) is 1.22. The molecule has 0 atom stereocenters. The topological polar surface area (TPSA) is 49.7 Å². The Kier molecular flexibility index (Phi) is 2.40. The molecule has 2 rings (SSSR count). The fourth-order valence-corrected chi connectivity index (χ4v) is 2.49. The Balaban J connectivity index is 2.32. The first-order valence-electron chi connectivity index (χ1n) is 4.42. The molecule has 0 spiro atoms. The fourth-order valence-electron chi connectivity index (χ4n) is 1.56.